The van der Waals surface area contributed by atoms with Gasteiger partial charge in [0.25, 0.3) is 0 Å². The van der Waals surface area contributed by atoms with Crippen LogP contribution in [0.25, 0.3) is 0 Å². The van der Waals surface area contributed by atoms with Crippen LogP contribution < -0.4 is 9.92 Å². The molecule has 0 heterocycles. The summed E-state index contributed by atoms with van der Waals surface area (Å²) in [6.45, 7) is 0.452. The highest BCUT2D eigenvalue weighted by atomic mass is 32.2. The van der Waals surface area contributed by atoms with E-state index >= 15 is 0 Å². The lowest BCUT2D eigenvalue weighted by Crippen LogP contribution is -2.29. The van der Waals surface area contributed by atoms with Gasteiger partial charge in [0.05, 0.1) is 0 Å². The molecule has 2 N–H and O–H groups in total. The van der Waals surface area contributed by atoms with E-state index in [1.54, 1.807) is 0 Å². The molecular weight excluding hydrogens is 271 g/mol. The topological polar surface area (TPSA) is 69.4 Å². The van der Waals surface area contributed by atoms with Crippen molar-refractivity contribution in [1.29, 1.82) is 0 Å². The number of fused-ring (bicyclic) bond motifs is 1. The Morgan fingerprint density at radius 1 is 1.39 bits per heavy atom. The van der Waals surface area contributed by atoms with Crippen LogP contribution in [-0.4, -0.2) is 20.5 Å². The Morgan fingerprint density at radius 2 is 2.06 bits per heavy atom. The second-order valence-electron chi connectivity index (χ2n) is 3.98. The van der Waals surface area contributed by atoms with Gasteiger partial charge in [-0.2, -0.15) is 21.6 Å². The summed E-state index contributed by atoms with van der Waals surface area (Å²) in [5, 5.41) is 0. The first kappa shape index (κ1) is 13.2. The highest BCUT2D eigenvalue weighted by Gasteiger charge is 2.48. The molecule has 1 aliphatic rings. The lowest BCUT2D eigenvalue weighted by molar-refractivity contribution is -0.0500. The second kappa shape index (κ2) is 4.13. The van der Waals surface area contributed by atoms with Gasteiger partial charge in [0, 0.05) is 5.92 Å². The van der Waals surface area contributed by atoms with E-state index < -0.39 is 15.6 Å². The zero-order valence-electron chi connectivity index (χ0n) is 9.07. The van der Waals surface area contributed by atoms with Gasteiger partial charge in [-0.1, -0.05) is 6.07 Å². The van der Waals surface area contributed by atoms with Crippen LogP contribution in [0.15, 0.2) is 18.2 Å². The molecule has 1 aliphatic carbocycles. The second-order valence-corrected chi connectivity index (χ2v) is 5.52. The minimum Gasteiger partial charge on any atom is -0.376 e. The molecular formula is C10H10F3NO3S. The zero-order valence-corrected chi connectivity index (χ0v) is 9.88. The van der Waals surface area contributed by atoms with Crippen molar-refractivity contribution in [2.24, 2.45) is 5.73 Å². The first-order valence-electron chi connectivity index (χ1n) is 5.08. The van der Waals surface area contributed by atoms with Gasteiger partial charge in [0.1, 0.15) is 5.75 Å². The quantitative estimate of drug-likeness (QED) is 0.673. The summed E-state index contributed by atoms with van der Waals surface area (Å²) in [7, 11) is -5.60. The SMILES string of the molecule is NCC1Cc2cc(OS(=O)(=O)C(F)(F)F)ccc21. The third-order valence-corrected chi connectivity index (χ3v) is 3.77. The molecule has 1 aromatic rings. The van der Waals surface area contributed by atoms with Gasteiger partial charge in [-0.05, 0) is 36.2 Å². The van der Waals surface area contributed by atoms with Crippen LogP contribution in [0.4, 0.5) is 13.2 Å². The van der Waals surface area contributed by atoms with Crippen molar-refractivity contribution < 1.29 is 25.8 Å². The maximum atomic E-state index is 12.1. The van der Waals surface area contributed by atoms with Crippen LogP contribution in [0.3, 0.4) is 0 Å². The summed E-state index contributed by atoms with van der Waals surface area (Å²) in [5.41, 5.74) is 1.74. The largest absolute Gasteiger partial charge is 0.534 e. The average Bonchev–Trinajstić information content (AvgIpc) is 2.19. The van der Waals surface area contributed by atoms with Crippen LogP contribution in [-0.2, 0) is 16.5 Å². The Balaban J connectivity index is 2.21. The molecule has 0 amide bonds. The van der Waals surface area contributed by atoms with E-state index in [1.165, 1.54) is 18.2 Å². The number of rotatable bonds is 3. The number of hydrogen-bond donors (Lipinski definition) is 1. The number of alkyl halides is 3. The van der Waals surface area contributed by atoms with Crippen molar-refractivity contribution in [2.75, 3.05) is 6.54 Å². The summed E-state index contributed by atoms with van der Waals surface area (Å²) >= 11 is 0. The number of hydrogen-bond acceptors (Lipinski definition) is 4. The van der Waals surface area contributed by atoms with E-state index in [1.807, 2.05) is 0 Å². The zero-order chi connectivity index (χ0) is 13.6. The first-order chi connectivity index (χ1) is 8.24. The van der Waals surface area contributed by atoms with Gasteiger partial charge in [-0.25, -0.2) is 0 Å². The van der Waals surface area contributed by atoms with Crippen molar-refractivity contribution in [3.63, 3.8) is 0 Å². The third kappa shape index (κ3) is 2.17. The molecule has 0 radical (unpaired) electrons. The van der Waals surface area contributed by atoms with Crippen LogP contribution in [0.1, 0.15) is 17.0 Å². The minimum atomic E-state index is -5.60. The molecule has 0 bridgehead atoms. The summed E-state index contributed by atoms with van der Waals surface area (Å²) in [4.78, 5) is 0. The van der Waals surface area contributed by atoms with Crippen molar-refractivity contribution >= 4 is 10.1 Å². The van der Waals surface area contributed by atoms with Crippen LogP contribution >= 0.6 is 0 Å². The Morgan fingerprint density at radius 3 is 2.56 bits per heavy atom. The fourth-order valence-electron chi connectivity index (χ4n) is 1.84. The minimum absolute atomic E-state index is 0.188. The number of benzene rings is 1. The fraction of sp³-hybridized carbons (Fsp3) is 0.400. The smallest absolute Gasteiger partial charge is 0.376 e. The van der Waals surface area contributed by atoms with Crippen LogP contribution in [0.2, 0.25) is 0 Å². The molecule has 1 unspecified atom stereocenters. The van der Waals surface area contributed by atoms with Gasteiger partial charge in [0.15, 0.2) is 0 Å². The number of halogens is 3. The maximum absolute atomic E-state index is 12.1. The molecule has 0 saturated heterocycles. The van der Waals surface area contributed by atoms with Crippen molar-refractivity contribution in [3.05, 3.63) is 29.3 Å². The Hall–Kier alpha value is -1.28. The summed E-state index contributed by atoms with van der Waals surface area (Å²) in [6.07, 6.45) is 0.620. The lowest BCUT2D eigenvalue weighted by Gasteiger charge is -2.29. The van der Waals surface area contributed by atoms with Crippen molar-refractivity contribution in [3.8, 4) is 5.75 Å². The van der Waals surface area contributed by atoms with Crippen LogP contribution in [0, 0.1) is 0 Å². The average molecular weight is 281 g/mol. The van der Waals surface area contributed by atoms with Gasteiger partial charge in [-0.3, -0.25) is 0 Å². The van der Waals surface area contributed by atoms with E-state index in [0.29, 0.717) is 13.0 Å². The molecule has 1 atom stereocenters. The van der Waals surface area contributed by atoms with Gasteiger partial charge >= 0.3 is 15.6 Å². The highest BCUT2D eigenvalue weighted by Crippen LogP contribution is 2.37. The van der Waals surface area contributed by atoms with E-state index in [2.05, 4.69) is 4.18 Å². The van der Waals surface area contributed by atoms with Gasteiger partial charge < -0.3 is 9.92 Å². The lowest BCUT2D eigenvalue weighted by atomic mass is 9.78. The standard InChI is InChI=1S/C10H10F3NO3S/c11-10(12,13)18(15,16)17-8-1-2-9-6(4-8)3-7(9)5-14/h1-2,4,7H,3,5,14H2. The first-order valence-corrected chi connectivity index (χ1v) is 6.49. The predicted molar refractivity (Wildman–Crippen MR) is 57.5 cm³/mol. The molecule has 4 nitrogen and oxygen atoms in total. The number of nitrogens with two attached hydrogens (primary N) is 1. The molecule has 100 valence electrons. The normalized spacial score (nSPS) is 19.0. The summed E-state index contributed by atoms with van der Waals surface area (Å²) in [6, 6.07) is 4.03. The summed E-state index contributed by atoms with van der Waals surface area (Å²) in [5.74, 6) is -0.144. The van der Waals surface area contributed by atoms with E-state index in [9.17, 15) is 21.6 Å². The predicted octanol–water partition coefficient (Wildman–Crippen LogP) is 1.51. The molecule has 2 rings (SSSR count). The molecule has 18 heavy (non-hydrogen) atoms. The molecule has 0 aliphatic heterocycles. The molecule has 0 saturated carbocycles. The maximum Gasteiger partial charge on any atom is 0.534 e. The Kier molecular flexibility index (Phi) is 3.02. The molecule has 0 aromatic heterocycles. The molecule has 0 spiro atoms. The van der Waals surface area contributed by atoms with E-state index in [4.69, 9.17) is 5.73 Å². The van der Waals surface area contributed by atoms with Crippen molar-refractivity contribution in [1.82, 2.24) is 0 Å². The highest BCUT2D eigenvalue weighted by molar-refractivity contribution is 7.87. The molecule has 8 heteroatoms. The van der Waals surface area contributed by atoms with Gasteiger partial charge in [-0.15, -0.1) is 0 Å². The van der Waals surface area contributed by atoms with E-state index in [-0.39, 0.29) is 11.7 Å². The molecule has 1 aromatic carbocycles. The van der Waals surface area contributed by atoms with E-state index in [0.717, 1.165) is 11.1 Å². The van der Waals surface area contributed by atoms with Crippen molar-refractivity contribution in [2.45, 2.75) is 17.8 Å². The third-order valence-electron chi connectivity index (χ3n) is 2.79. The summed E-state index contributed by atoms with van der Waals surface area (Å²) < 4.78 is 61.9. The fourth-order valence-corrected chi connectivity index (χ4v) is 2.29. The molecule has 0 fully saturated rings. The monoisotopic (exact) mass is 281 g/mol. The Labute approximate surface area is 102 Å². The Bertz CT molecular complexity index is 568. The van der Waals surface area contributed by atoms with Gasteiger partial charge in [0.2, 0.25) is 0 Å². The van der Waals surface area contributed by atoms with Crippen LogP contribution in [0.5, 0.6) is 5.75 Å².